The molecule has 114 valence electrons. The monoisotopic (exact) mass is 307 g/mol. The van der Waals surface area contributed by atoms with E-state index >= 15 is 0 Å². The molecule has 0 amide bonds. The zero-order valence-corrected chi connectivity index (χ0v) is 13.0. The van der Waals surface area contributed by atoms with E-state index in [1.165, 1.54) is 0 Å². The summed E-state index contributed by atoms with van der Waals surface area (Å²) in [5.74, 6) is 5.75. The van der Waals surface area contributed by atoms with E-state index in [-0.39, 0.29) is 11.9 Å². The molecule has 21 heavy (non-hydrogen) atoms. The highest BCUT2D eigenvalue weighted by molar-refractivity contribution is 7.93. The fourth-order valence-corrected chi connectivity index (χ4v) is 4.10. The van der Waals surface area contributed by atoms with E-state index in [0.29, 0.717) is 17.7 Å². The number of hydrogen-bond acceptors (Lipinski definition) is 3. The lowest BCUT2D eigenvalue weighted by molar-refractivity contribution is 0.305. The van der Waals surface area contributed by atoms with E-state index in [2.05, 4.69) is 16.6 Å². The molecule has 0 heterocycles. The summed E-state index contributed by atoms with van der Waals surface area (Å²) in [5.41, 5.74) is 2.16. The van der Waals surface area contributed by atoms with Crippen LogP contribution in [-0.4, -0.2) is 25.4 Å². The van der Waals surface area contributed by atoms with Gasteiger partial charge in [0.15, 0.2) is 0 Å². The number of hydrogen-bond donors (Lipinski definition) is 2. The summed E-state index contributed by atoms with van der Waals surface area (Å²) in [6.07, 6.45) is 3.78. The van der Waals surface area contributed by atoms with Crippen LogP contribution in [0.5, 0.6) is 0 Å². The van der Waals surface area contributed by atoms with Crippen molar-refractivity contribution in [3.05, 3.63) is 29.3 Å². The number of sulfonamides is 1. The van der Waals surface area contributed by atoms with Crippen molar-refractivity contribution < 1.29 is 13.5 Å². The first-order chi connectivity index (χ1) is 10.0. The lowest BCUT2D eigenvalue weighted by Crippen LogP contribution is -2.25. The molecule has 2 rings (SSSR count). The first-order valence-electron chi connectivity index (χ1n) is 7.25. The maximum atomic E-state index is 12.4. The second-order valence-electron chi connectivity index (χ2n) is 5.38. The predicted molar refractivity (Wildman–Crippen MR) is 84.6 cm³/mol. The van der Waals surface area contributed by atoms with Crippen molar-refractivity contribution in [3.8, 4) is 11.8 Å². The van der Waals surface area contributed by atoms with Crippen molar-refractivity contribution >= 4 is 15.7 Å². The molecule has 0 atom stereocenters. The Morgan fingerprint density at radius 2 is 2.05 bits per heavy atom. The Morgan fingerprint density at radius 1 is 1.33 bits per heavy atom. The Bertz CT molecular complexity index is 650. The van der Waals surface area contributed by atoms with Crippen LogP contribution in [0.1, 0.15) is 43.2 Å². The van der Waals surface area contributed by atoms with Crippen molar-refractivity contribution in [2.45, 2.75) is 44.3 Å². The van der Waals surface area contributed by atoms with E-state index in [1.54, 1.807) is 6.07 Å². The van der Waals surface area contributed by atoms with E-state index in [4.69, 9.17) is 5.11 Å². The summed E-state index contributed by atoms with van der Waals surface area (Å²) in [6, 6.07) is 5.51. The van der Waals surface area contributed by atoms with Gasteiger partial charge in [-0.25, -0.2) is 8.42 Å². The molecular weight excluding hydrogens is 286 g/mol. The van der Waals surface area contributed by atoms with Crippen LogP contribution in [0.2, 0.25) is 0 Å². The van der Waals surface area contributed by atoms with Crippen molar-refractivity contribution in [2.24, 2.45) is 0 Å². The third kappa shape index (κ3) is 4.23. The molecule has 0 aromatic heterocycles. The van der Waals surface area contributed by atoms with Gasteiger partial charge in [-0.2, -0.15) is 0 Å². The average Bonchev–Trinajstić information content (AvgIpc) is 2.96. The van der Waals surface area contributed by atoms with E-state index in [0.717, 1.165) is 31.2 Å². The third-order valence-corrected chi connectivity index (χ3v) is 5.48. The molecule has 0 unspecified atom stereocenters. The van der Waals surface area contributed by atoms with Crippen LogP contribution in [0, 0.1) is 18.8 Å². The smallest absolute Gasteiger partial charge is 0.235 e. The van der Waals surface area contributed by atoms with Gasteiger partial charge in [-0.3, -0.25) is 4.72 Å². The summed E-state index contributed by atoms with van der Waals surface area (Å²) >= 11 is 0. The first-order valence-corrected chi connectivity index (χ1v) is 8.79. The average molecular weight is 307 g/mol. The number of nitrogens with one attached hydrogen (secondary N) is 1. The Balaban J connectivity index is 2.26. The Hall–Kier alpha value is -1.51. The summed E-state index contributed by atoms with van der Waals surface area (Å²) in [7, 11) is -3.35. The standard InChI is InChI=1S/C16H21NO3S/c1-13-9-10-14(6-4-5-11-18)16(12-13)17-21(19,20)15-7-2-3-8-15/h9-10,12,15,17-18H,2-3,5,7-8,11H2,1H3. The van der Waals surface area contributed by atoms with Gasteiger partial charge in [0.05, 0.1) is 17.5 Å². The first kappa shape index (κ1) is 15.9. The number of aliphatic hydroxyl groups excluding tert-OH is 1. The van der Waals surface area contributed by atoms with Crippen LogP contribution in [0.25, 0.3) is 0 Å². The van der Waals surface area contributed by atoms with Crippen molar-refractivity contribution in [1.29, 1.82) is 0 Å². The van der Waals surface area contributed by atoms with Gasteiger partial charge >= 0.3 is 0 Å². The molecule has 0 radical (unpaired) electrons. The van der Waals surface area contributed by atoms with Gasteiger partial charge in [0.1, 0.15) is 0 Å². The van der Waals surface area contributed by atoms with Gasteiger partial charge in [0.25, 0.3) is 0 Å². The maximum Gasteiger partial charge on any atom is 0.235 e. The van der Waals surface area contributed by atoms with Crippen molar-refractivity contribution in [3.63, 3.8) is 0 Å². The van der Waals surface area contributed by atoms with Crippen molar-refractivity contribution in [1.82, 2.24) is 0 Å². The van der Waals surface area contributed by atoms with Crippen molar-refractivity contribution in [2.75, 3.05) is 11.3 Å². The molecule has 1 aliphatic rings. The van der Waals surface area contributed by atoms with Crippen LogP contribution in [0.3, 0.4) is 0 Å². The molecule has 1 aromatic rings. The molecule has 4 nitrogen and oxygen atoms in total. The highest BCUT2D eigenvalue weighted by atomic mass is 32.2. The molecular formula is C16H21NO3S. The minimum absolute atomic E-state index is 0.00198. The van der Waals surface area contributed by atoms with Crippen LogP contribution >= 0.6 is 0 Å². The van der Waals surface area contributed by atoms with Crippen LogP contribution in [-0.2, 0) is 10.0 Å². The fourth-order valence-electron chi connectivity index (χ4n) is 2.50. The Morgan fingerprint density at radius 3 is 2.71 bits per heavy atom. The number of anilines is 1. The maximum absolute atomic E-state index is 12.4. The van der Waals surface area contributed by atoms with Gasteiger partial charge in [0.2, 0.25) is 10.0 Å². The molecule has 0 aliphatic heterocycles. The lowest BCUT2D eigenvalue weighted by atomic mass is 10.1. The zero-order chi connectivity index (χ0) is 15.3. The lowest BCUT2D eigenvalue weighted by Gasteiger charge is -2.15. The molecule has 1 aliphatic carbocycles. The third-order valence-electron chi connectivity index (χ3n) is 3.63. The normalized spacial score (nSPS) is 15.5. The molecule has 2 N–H and O–H groups in total. The topological polar surface area (TPSA) is 66.4 Å². The zero-order valence-electron chi connectivity index (χ0n) is 12.2. The molecule has 0 saturated heterocycles. The van der Waals surface area contributed by atoms with Gasteiger partial charge < -0.3 is 5.11 Å². The van der Waals surface area contributed by atoms with E-state index < -0.39 is 10.0 Å². The number of benzene rings is 1. The van der Waals surface area contributed by atoms with Gasteiger partial charge in [0, 0.05) is 12.0 Å². The Kier molecular flexibility index (Phi) is 5.27. The molecule has 1 aromatic carbocycles. The molecule has 0 bridgehead atoms. The summed E-state index contributed by atoms with van der Waals surface area (Å²) < 4.78 is 27.5. The van der Waals surface area contributed by atoms with Crippen LogP contribution in [0.4, 0.5) is 5.69 Å². The second-order valence-corrected chi connectivity index (χ2v) is 7.34. The highest BCUT2D eigenvalue weighted by Gasteiger charge is 2.29. The Labute approximate surface area is 126 Å². The number of aryl methyl sites for hydroxylation is 1. The molecule has 5 heteroatoms. The molecule has 0 spiro atoms. The second kappa shape index (κ2) is 6.97. The molecule has 1 saturated carbocycles. The number of rotatable bonds is 4. The summed E-state index contributed by atoms with van der Waals surface area (Å²) in [6.45, 7) is 1.92. The summed E-state index contributed by atoms with van der Waals surface area (Å²) in [4.78, 5) is 0. The minimum atomic E-state index is -3.35. The minimum Gasteiger partial charge on any atom is -0.395 e. The van der Waals surface area contributed by atoms with Crippen LogP contribution in [0.15, 0.2) is 18.2 Å². The van der Waals surface area contributed by atoms with Crippen LogP contribution < -0.4 is 4.72 Å². The van der Waals surface area contributed by atoms with Gasteiger partial charge in [-0.15, -0.1) is 0 Å². The number of aliphatic hydroxyl groups is 1. The van der Waals surface area contributed by atoms with Gasteiger partial charge in [-0.1, -0.05) is 30.7 Å². The quantitative estimate of drug-likeness (QED) is 0.840. The highest BCUT2D eigenvalue weighted by Crippen LogP contribution is 2.27. The summed E-state index contributed by atoms with van der Waals surface area (Å²) in [5, 5.41) is 8.48. The fraction of sp³-hybridized carbons (Fsp3) is 0.500. The molecule has 1 fully saturated rings. The van der Waals surface area contributed by atoms with Gasteiger partial charge in [-0.05, 0) is 37.5 Å². The van der Waals surface area contributed by atoms with E-state index in [1.807, 2.05) is 19.1 Å². The predicted octanol–water partition coefficient (Wildman–Crippen LogP) is 2.41. The van der Waals surface area contributed by atoms with E-state index in [9.17, 15) is 8.42 Å². The SMILES string of the molecule is Cc1ccc(C#CCCO)c(NS(=O)(=O)C2CCCC2)c1. The largest absolute Gasteiger partial charge is 0.395 e.